The molecule has 0 atom stereocenters. The molecule has 2 aliphatic rings. The van der Waals surface area contributed by atoms with Crippen LogP contribution in [-0.2, 0) is 14.0 Å². The molecule has 6 nitrogen and oxygen atoms in total. The molecule has 0 spiro atoms. The molecule has 0 N–H and O–H groups in total. The summed E-state index contributed by atoms with van der Waals surface area (Å²) in [7, 11) is -0.364. The van der Waals surface area contributed by atoms with Crippen LogP contribution >= 0.6 is 0 Å². The molecule has 0 radical (unpaired) electrons. The molecular weight excluding hydrogens is 355 g/mol. The zero-order chi connectivity index (χ0) is 20.5. The summed E-state index contributed by atoms with van der Waals surface area (Å²) >= 11 is 0. The fourth-order valence-electron chi connectivity index (χ4n) is 3.32. The van der Waals surface area contributed by atoms with Crippen LogP contribution in [0.3, 0.4) is 0 Å². The quantitative estimate of drug-likeness (QED) is 0.743. The summed E-state index contributed by atoms with van der Waals surface area (Å²) in [6.45, 7) is 15.7. The van der Waals surface area contributed by atoms with Gasteiger partial charge in [0.05, 0.1) is 17.8 Å². The molecule has 28 heavy (non-hydrogen) atoms. The summed E-state index contributed by atoms with van der Waals surface area (Å²) in [5.74, 6) is 0.350. The lowest BCUT2D eigenvalue weighted by Crippen LogP contribution is -2.49. The SMILES string of the molecule is CC(C)COC(=O)N1CCN(c2cccc(B3OC(C)(C)C(C)(C)O3)c2)CC1. The van der Waals surface area contributed by atoms with Gasteiger partial charge in [-0.25, -0.2) is 4.79 Å². The van der Waals surface area contributed by atoms with Gasteiger partial charge in [-0.3, -0.25) is 0 Å². The van der Waals surface area contributed by atoms with Crippen LogP contribution in [0, 0.1) is 5.92 Å². The number of carbonyl (C=O) groups excluding carboxylic acids is 1. The van der Waals surface area contributed by atoms with Crippen molar-refractivity contribution in [1.82, 2.24) is 4.90 Å². The number of benzene rings is 1. The minimum Gasteiger partial charge on any atom is -0.449 e. The topological polar surface area (TPSA) is 51.2 Å². The second-order valence-corrected chi connectivity index (χ2v) is 9.13. The van der Waals surface area contributed by atoms with E-state index in [9.17, 15) is 4.79 Å². The number of hydrogen-bond acceptors (Lipinski definition) is 5. The summed E-state index contributed by atoms with van der Waals surface area (Å²) in [6, 6.07) is 8.32. The van der Waals surface area contributed by atoms with Gasteiger partial charge in [0.1, 0.15) is 0 Å². The third-order valence-electron chi connectivity index (χ3n) is 5.84. The Hall–Kier alpha value is -1.73. The van der Waals surface area contributed by atoms with Crippen LogP contribution in [0.5, 0.6) is 0 Å². The molecule has 0 aliphatic carbocycles. The molecule has 1 aromatic rings. The van der Waals surface area contributed by atoms with Crippen LogP contribution in [0.4, 0.5) is 10.5 Å². The monoisotopic (exact) mass is 388 g/mol. The van der Waals surface area contributed by atoms with Gasteiger partial charge in [-0.1, -0.05) is 26.0 Å². The molecule has 154 valence electrons. The first-order valence-electron chi connectivity index (χ1n) is 10.2. The highest BCUT2D eigenvalue weighted by atomic mass is 16.7. The Balaban J connectivity index is 1.61. The van der Waals surface area contributed by atoms with Gasteiger partial charge in [0.15, 0.2) is 0 Å². The molecule has 0 unspecified atom stereocenters. The van der Waals surface area contributed by atoms with Crippen LogP contribution < -0.4 is 10.4 Å². The second-order valence-electron chi connectivity index (χ2n) is 9.13. The number of ether oxygens (including phenoxy) is 1. The molecule has 2 heterocycles. The molecule has 2 fully saturated rings. The average Bonchev–Trinajstić information content (AvgIpc) is 2.87. The van der Waals surface area contributed by atoms with Gasteiger partial charge >= 0.3 is 13.2 Å². The highest BCUT2D eigenvalue weighted by Gasteiger charge is 2.51. The Labute approximate surface area is 169 Å². The minimum atomic E-state index is -0.364. The predicted octanol–water partition coefficient (Wildman–Crippen LogP) is 2.90. The van der Waals surface area contributed by atoms with Gasteiger partial charge in [0.25, 0.3) is 0 Å². The maximum Gasteiger partial charge on any atom is 0.494 e. The Morgan fingerprint density at radius 3 is 2.29 bits per heavy atom. The number of carbonyl (C=O) groups is 1. The van der Waals surface area contributed by atoms with Gasteiger partial charge in [-0.2, -0.15) is 0 Å². The normalized spacial score (nSPS) is 21.3. The summed E-state index contributed by atoms with van der Waals surface area (Å²) in [5, 5.41) is 0. The molecule has 1 amide bonds. The standard InChI is InChI=1S/C21H33BN2O4/c1-16(2)15-26-19(25)24-12-10-23(11-13-24)18-9-7-8-17(14-18)22-27-20(3,4)21(5,6)28-22/h7-9,14,16H,10-13,15H2,1-6H3. The Morgan fingerprint density at radius 1 is 1.11 bits per heavy atom. The first kappa shape index (κ1) is 21.0. The van der Waals surface area contributed by atoms with E-state index in [-0.39, 0.29) is 24.4 Å². The zero-order valence-electron chi connectivity index (χ0n) is 18.0. The van der Waals surface area contributed by atoms with E-state index >= 15 is 0 Å². The van der Waals surface area contributed by atoms with E-state index in [0.717, 1.165) is 24.2 Å². The fourth-order valence-corrected chi connectivity index (χ4v) is 3.32. The zero-order valence-corrected chi connectivity index (χ0v) is 18.0. The molecule has 2 aliphatic heterocycles. The number of amides is 1. The summed E-state index contributed by atoms with van der Waals surface area (Å²) < 4.78 is 17.7. The minimum absolute atomic E-state index is 0.209. The van der Waals surface area contributed by atoms with E-state index in [1.807, 2.05) is 26.0 Å². The highest BCUT2D eigenvalue weighted by molar-refractivity contribution is 6.62. The van der Waals surface area contributed by atoms with Crippen molar-refractivity contribution < 1.29 is 18.8 Å². The van der Waals surface area contributed by atoms with E-state index in [1.165, 1.54) is 0 Å². The first-order chi connectivity index (χ1) is 13.1. The summed E-state index contributed by atoms with van der Waals surface area (Å²) in [4.78, 5) is 16.2. The lowest BCUT2D eigenvalue weighted by molar-refractivity contribution is 0.00578. The number of piperazine rings is 1. The van der Waals surface area contributed by atoms with E-state index in [2.05, 4.69) is 44.7 Å². The van der Waals surface area contributed by atoms with E-state index in [4.69, 9.17) is 14.0 Å². The lowest BCUT2D eigenvalue weighted by Gasteiger charge is -2.35. The van der Waals surface area contributed by atoms with E-state index in [1.54, 1.807) is 4.90 Å². The molecule has 1 aromatic carbocycles. The molecule has 7 heteroatoms. The largest absolute Gasteiger partial charge is 0.494 e. The summed E-state index contributed by atoms with van der Waals surface area (Å²) in [5.41, 5.74) is 1.45. The number of rotatable bonds is 4. The van der Waals surface area contributed by atoms with Crippen LogP contribution in [-0.4, -0.2) is 62.1 Å². The predicted molar refractivity (Wildman–Crippen MR) is 112 cm³/mol. The summed E-state index contributed by atoms with van der Waals surface area (Å²) in [6.07, 6.45) is -0.209. The lowest BCUT2D eigenvalue weighted by atomic mass is 9.79. The van der Waals surface area contributed by atoms with Crippen molar-refractivity contribution >= 4 is 24.4 Å². The van der Waals surface area contributed by atoms with Crippen molar-refractivity contribution in [3.63, 3.8) is 0 Å². The molecule has 0 aromatic heterocycles. The van der Waals surface area contributed by atoms with Crippen LogP contribution in [0.1, 0.15) is 41.5 Å². The van der Waals surface area contributed by atoms with Crippen molar-refractivity contribution in [2.24, 2.45) is 5.92 Å². The number of nitrogens with zero attached hydrogens (tertiary/aromatic N) is 2. The molecule has 2 saturated heterocycles. The molecular formula is C21H33BN2O4. The van der Waals surface area contributed by atoms with Crippen molar-refractivity contribution in [3.05, 3.63) is 24.3 Å². The van der Waals surface area contributed by atoms with Crippen molar-refractivity contribution in [1.29, 1.82) is 0 Å². The molecule has 0 saturated carbocycles. The Morgan fingerprint density at radius 2 is 1.71 bits per heavy atom. The fraction of sp³-hybridized carbons (Fsp3) is 0.667. The number of anilines is 1. The van der Waals surface area contributed by atoms with E-state index in [0.29, 0.717) is 25.6 Å². The van der Waals surface area contributed by atoms with E-state index < -0.39 is 0 Å². The average molecular weight is 388 g/mol. The van der Waals surface area contributed by atoms with Crippen LogP contribution in [0.25, 0.3) is 0 Å². The van der Waals surface area contributed by atoms with Crippen molar-refractivity contribution in [3.8, 4) is 0 Å². The molecule has 0 bridgehead atoms. The third kappa shape index (κ3) is 4.46. The van der Waals surface area contributed by atoms with Crippen LogP contribution in [0.2, 0.25) is 0 Å². The van der Waals surface area contributed by atoms with Gasteiger partial charge < -0.3 is 23.8 Å². The van der Waals surface area contributed by atoms with Gasteiger partial charge in [-0.15, -0.1) is 0 Å². The second kappa shape index (κ2) is 7.95. The van der Waals surface area contributed by atoms with Crippen molar-refractivity contribution in [2.75, 3.05) is 37.7 Å². The highest BCUT2D eigenvalue weighted by Crippen LogP contribution is 2.36. The number of hydrogen-bond donors (Lipinski definition) is 0. The van der Waals surface area contributed by atoms with Crippen molar-refractivity contribution in [2.45, 2.75) is 52.7 Å². The van der Waals surface area contributed by atoms with Gasteiger partial charge in [-0.05, 0) is 51.2 Å². The third-order valence-corrected chi connectivity index (χ3v) is 5.84. The first-order valence-corrected chi connectivity index (χ1v) is 10.2. The van der Waals surface area contributed by atoms with Crippen LogP contribution in [0.15, 0.2) is 24.3 Å². The van der Waals surface area contributed by atoms with Gasteiger partial charge in [0.2, 0.25) is 0 Å². The Kier molecular flexibility index (Phi) is 5.96. The maximum absolute atomic E-state index is 12.1. The molecule has 3 rings (SSSR count). The van der Waals surface area contributed by atoms with Gasteiger partial charge in [0, 0.05) is 31.9 Å². The Bertz CT molecular complexity index is 683. The smallest absolute Gasteiger partial charge is 0.449 e. The maximum atomic E-state index is 12.1.